The molecule has 0 aliphatic rings. The first kappa shape index (κ1) is 19.8. The molecule has 0 bridgehead atoms. The third-order valence-electron chi connectivity index (χ3n) is 3.21. The van der Waals surface area contributed by atoms with Crippen molar-refractivity contribution in [1.29, 1.82) is 0 Å². The number of nitrogens with zero attached hydrogens (tertiary/aromatic N) is 4. The van der Waals surface area contributed by atoms with Gasteiger partial charge in [-0.3, -0.25) is 9.13 Å². The summed E-state index contributed by atoms with van der Waals surface area (Å²) < 4.78 is 32.8. The third-order valence-corrected chi connectivity index (χ3v) is 9.67. The first-order chi connectivity index (χ1) is 8.84. The number of allylic oxidation sites excluding steroid dienone is 2. The minimum atomic E-state index is -3.04. The maximum absolute atomic E-state index is 13.2. The van der Waals surface area contributed by atoms with E-state index in [9.17, 15) is 9.13 Å². The van der Waals surface area contributed by atoms with Crippen LogP contribution in [0, 0.1) is 0 Å². The summed E-state index contributed by atoms with van der Waals surface area (Å²) in [7, 11) is 7.66. The summed E-state index contributed by atoms with van der Waals surface area (Å²) in [5.41, 5.74) is 0. The van der Waals surface area contributed by atoms with E-state index >= 15 is 0 Å². The van der Waals surface area contributed by atoms with Crippen LogP contribution in [-0.2, 0) is 9.13 Å². The van der Waals surface area contributed by atoms with Crippen molar-refractivity contribution >= 4 is 14.9 Å². The standard InChI is InChI=1S/C12H28N4O2P2/c1-11(19(17,13(3)4)14(5)6)12(2)20(18,15(7)8)16(9)10/h1-2H2,3-10H3. The average Bonchev–Trinajstić information content (AvgIpc) is 2.33. The van der Waals surface area contributed by atoms with E-state index in [1.165, 1.54) is 0 Å². The molecule has 0 aromatic carbocycles. The molecule has 0 aliphatic heterocycles. The summed E-state index contributed by atoms with van der Waals surface area (Å²) in [6.45, 7) is 7.86. The molecule has 0 rings (SSSR count). The second-order valence-corrected chi connectivity index (χ2v) is 11.8. The second-order valence-electron chi connectivity index (χ2n) is 5.37. The highest BCUT2D eigenvalue weighted by atomic mass is 31.2. The van der Waals surface area contributed by atoms with E-state index < -0.39 is 14.9 Å². The molecule has 0 amide bonds. The predicted octanol–water partition coefficient (Wildman–Crippen LogP) is 2.65. The predicted molar refractivity (Wildman–Crippen MR) is 88.2 cm³/mol. The molecule has 0 spiro atoms. The highest BCUT2D eigenvalue weighted by Gasteiger charge is 2.41. The van der Waals surface area contributed by atoms with E-state index in [1.54, 1.807) is 75.1 Å². The van der Waals surface area contributed by atoms with Gasteiger partial charge in [0, 0.05) is 10.6 Å². The molecule has 0 fully saturated rings. The summed E-state index contributed by atoms with van der Waals surface area (Å²) in [6.07, 6.45) is 0. The van der Waals surface area contributed by atoms with Crippen LogP contribution in [0.15, 0.2) is 23.8 Å². The van der Waals surface area contributed by atoms with E-state index in [1.807, 2.05) is 0 Å². The first-order valence-electron chi connectivity index (χ1n) is 6.15. The van der Waals surface area contributed by atoms with Crippen LogP contribution in [-0.4, -0.2) is 75.1 Å². The van der Waals surface area contributed by atoms with Gasteiger partial charge in [0.05, 0.1) is 0 Å². The quantitative estimate of drug-likeness (QED) is 0.530. The lowest BCUT2D eigenvalue weighted by Gasteiger charge is -2.38. The molecule has 0 unspecified atom stereocenters. The summed E-state index contributed by atoms with van der Waals surface area (Å²) in [4.78, 5) is 0. The number of hydrogen-bond acceptors (Lipinski definition) is 2. The number of hydrogen-bond donors (Lipinski definition) is 0. The Morgan fingerprint density at radius 3 is 0.850 bits per heavy atom. The van der Waals surface area contributed by atoms with Gasteiger partial charge in [0.15, 0.2) is 0 Å². The molecule has 0 heterocycles. The smallest absolute Gasteiger partial charge is 0.244 e. The molecule has 0 radical (unpaired) electrons. The Kier molecular flexibility index (Phi) is 6.62. The van der Waals surface area contributed by atoms with Gasteiger partial charge in [-0.25, -0.2) is 18.7 Å². The van der Waals surface area contributed by atoms with Crippen molar-refractivity contribution in [3.63, 3.8) is 0 Å². The van der Waals surface area contributed by atoms with Gasteiger partial charge in [0.1, 0.15) is 0 Å². The molecule has 0 atom stereocenters. The molecule has 0 aliphatic carbocycles. The van der Waals surface area contributed by atoms with Gasteiger partial charge >= 0.3 is 0 Å². The molecule has 0 saturated carbocycles. The van der Waals surface area contributed by atoms with Gasteiger partial charge < -0.3 is 0 Å². The molecular weight excluding hydrogens is 294 g/mol. The van der Waals surface area contributed by atoms with Crippen molar-refractivity contribution in [2.24, 2.45) is 0 Å². The van der Waals surface area contributed by atoms with Crippen LogP contribution in [0.3, 0.4) is 0 Å². The van der Waals surface area contributed by atoms with Crippen molar-refractivity contribution in [1.82, 2.24) is 18.7 Å². The maximum Gasteiger partial charge on any atom is 0.244 e. The lowest BCUT2D eigenvalue weighted by molar-refractivity contribution is 0.450. The fourth-order valence-corrected chi connectivity index (χ4v) is 6.83. The van der Waals surface area contributed by atoms with Gasteiger partial charge in [-0.1, -0.05) is 13.2 Å². The number of rotatable bonds is 7. The lowest BCUT2D eigenvalue weighted by Crippen LogP contribution is -2.26. The summed E-state index contributed by atoms with van der Waals surface area (Å²) >= 11 is 0. The maximum atomic E-state index is 13.2. The summed E-state index contributed by atoms with van der Waals surface area (Å²) in [5, 5.41) is 0.636. The molecule has 6 nitrogen and oxygen atoms in total. The van der Waals surface area contributed by atoms with Crippen LogP contribution < -0.4 is 0 Å². The fourth-order valence-electron chi connectivity index (χ4n) is 2.02. The van der Waals surface area contributed by atoms with Crippen LogP contribution in [0.25, 0.3) is 0 Å². The van der Waals surface area contributed by atoms with Crippen LogP contribution in [0.4, 0.5) is 0 Å². The highest BCUT2D eigenvalue weighted by molar-refractivity contribution is 7.69. The minimum Gasteiger partial charge on any atom is -0.284 e. The topological polar surface area (TPSA) is 47.1 Å². The van der Waals surface area contributed by atoms with Gasteiger partial charge in [0.25, 0.3) is 0 Å². The van der Waals surface area contributed by atoms with Crippen molar-refractivity contribution in [2.45, 2.75) is 0 Å². The van der Waals surface area contributed by atoms with E-state index in [0.29, 0.717) is 10.6 Å². The third kappa shape index (κ3) is 3.16. The van der Waals surface area contributed by atoms with Gasteiger partial charge in [-0.15, -0.1) is 0 Å². The Hall–Kier alpha value is -0.220. The average molecular weight is 322 g/mol. The van der Waals surface area contributed by atoms with Gasteiger partial charge in [-0.05, 0) is 56.4 Å². The van der Waals surface area contributed by atoms with E-state index in [4.69, 9.17) is 0 Å². The molecule has 8 heteroatoms. The molecule has 0 aromatic heterocycles. The molecule has 0 saturated heterocycles. The molecule has 118 valence electrons. The second kappa shape index (κ2) is 6.69. The first-order valence-corrected chi connectivity index (χ1v) is 9.37. The molecule has 0 aromatic rings. The van der Waals surface area contributed by atoms with E-state index in [2.05, 4.69) is 13.2 Å². The highest BCUT2D eigenvalue weighted by Crippen LogP contribution is 2.68. The summed E-state index contributed by atoms with van der Waals surface area (Å²) in [5.74, 6) is 0. The van der Waals surface area contributed by atoms with Crippen molar-refractivity contribution in [3.8, 4) is 0 Å². The van der Waals surface area contributed by atoms with Crippen molar-refractivity contribution in [2.75, 3.05) is 56.4 Å². The Morgan fingerprint density at radius 1 is 0.600 bits per heavy atom. The van der Waals surface area contributed by atoms with Crippen molar-refractivity contribution < 1.29 is 9.13 Å². The lowest BCUT2D eigenvalue weighted by atomic mass is 10.6. The molecule has 20 heavy (non-hydrogen) atoms. The van der Waals surface area contributed by atoms with E-state index in [-0.39, 0.29) is 0 Å². The van der Waals surface area contributed by atoms with Crippen molar-refractivity contribution in [3.05, 3.63) is 23.8 Å². The van der Waals surface area contributed by atoms with Crippen LogP contribution in [0.2, 0.25) is 0 Å². The van der Waals surface area contributed by atoms with Crippen LogP contribution in [0.5, 0.6) is 0 Å². The zero-order valence-corrected chi connectivity index (χ0v) is 15.7. The largest absolute Gasteiger partial charge is 0.284 e. The Labute approximate surface area is 123 Å². The molecular formula is C12H28N4O2P2. The normalized spacial score (nSPS) is 13.6. The summed E-state index contributed by atoms with van der Waals surface area (Å²) in [6, 6.07) is 0. The van der Waals surface area contributed by atoms with Crippen LogP contribution >= 0.6 is 14.9 Å². The van der Waals surface area contributed by atoms with Gasteiger partial charge in [-0.2, -0.15) is 0 Å². The van der Waals surface area contributed by atoms with E-state index in [0.717, 1.165) is 0 Å². The Morgan fingerprint density at radius 2 is 0.750 bits per heavy atom. The SMILES string of the molecule is C=C(C(=C)P(=O)(N(C)C)N(C)C)P(=O)(N(C)C)N(C)C. The Balaban J connectivity index is 5.90. The monoisotopic (exact) mass is 322 g/mol. The molecule has 0 N–H and O–H groups in total. The Bertz CT molecular complexity index is 416. The van der Waals surface area contributed by atoms with Crippen LogP contribution in [0.1, 0.15) is 0 Å². The van der Waals surface area contributed by atoms with Gasteiger partial charge in [0.2, 0.25) is 14.9 Å². The zero-order valence-electron chi connectivity index (χ0n) is 13.9. The zero-order chi connectivity index (χ0) is 16.5. The fraction of sp³-hybridized carbons (Fsp3) is 0.667. The minimum absolute atomic E-state index is 0.318.